The van der Waals surface area contributed by atoms with E-state index in [0.717, 1.165) is 42.8 Å². The molecule has 32 heavy (non-hydrogen) atoms. The second-order valence-electron chi connectivity index (χ2n) is 9.99. The van der Waals surface area contributed by atoms with E-state index in [1.54, 1.807) is 0 Å². The van der Waals surface area contributed by atoms with Crippen LogP contribution in [0.2, 0.25) is 0 Å². The van der Waals surface area contributed by atoms with Gasteiger partial charge in [0.05, 0.1) is 6.10 Å². The molecule has 0 radical (unpaired) electrons. The van der Waals surface area contributed by atoms with Crippen LogP contribution in [0.1, 0.15) is 69.3 Å². The molecule has 1 aliphatic heterocycles. The normalized spacial score (nSPS) is 19.0. The molecule has 2 fully saturated rings. The summed E-state index contributed by atoms with van der Waals surface area (Å²) in [6.07, 6.45) is 9.01. The van der Waals surface area contributed by atoms with Crippen molar-refractivity contribution in [2.45, 2.75) is 72.3 Å². The first-order valence-corrected chi connectivity index (χ1v) is 11.7. The van der Waals surface area contributed by atoms with Crippen LogP contribution in [-0.2, 0) is 0 Å². The van der Waals surface area contributed by atoms with Gasteiger partial charge in [-0.05, 0) is 75.5 Å². The number of benzene rings is 1. The number of carbonyl (C=O) groups excluding carboxylic acids is 1. The standard InChI is InChI=1S/C26H35N3O3/c1-18-19(2)32-28-24(18)27-25(30)29-14-10-20(11-15-29)16-21-6-5-7-23(17-21)31-22-8-12-26(3,4)13-9-22/h5-7,16-17,22H,8-15H2,1-4H3,(H,27,28,30). The van der Waals surface area contributed by atoms with Gasteiger partial charge in [0.15, 0.2) is 5.82 Å². The number of carbonyl (C=O) groups is 1. The summed E-state index contributed by atoms with van der Waals surface area (Å²) in [5.74, 6) is 2.19. The van der Waals surface area contributed by atoms with Crippen molar-refractivity contribution in [2.75, 3.05) is 18.4 Å². The Hall–Kier alpha value is -2.76. The molecule has 6 nitrogen and oxygen atoms in total. The van der Waals surface area contributed by atoms with Gasteiger partial charge in [0.2, 0.25) is 0 Å². The van der Waals surface area contributed by atoms with Gasteiger partial charge in [-0.15, -0.1) is 0 Å². The summed E-state index contributed by atoms with van der Waals surface area (Å²) >= 11 is 0. The van der Waals surface area contributed by atoms with Crippen LogP contribution in [-0.4, -0.2) is 35.3 Å². The number of amides is 2. The lowest BCUT2D eigenvalue weighted by Gasteiger charge is -2.34. The number of hydrogen-bond donors (Lipinski definition) is 1. The largest absolute Gasteiger partial charge is 0.490 e. The molecule has 0 bridgehead atoms. The van der Waals surface area contributed by atoms with Crippen molar-refractivity contribution in [3.05, 3.63) is 46.7 Å². The average Bonchev–Trinajstić information content (AvgIpc) is 3.08. The predicted octanol–water partition coefficient (Wildman–Crippen LogP) is 6.35. The molecule has 2 aromatic rings. The van der Waals surface area contributed by atoms with Crippen LogP contribution in [0.4, 0.5) is 10.6 Å². The van der Waals surface area contributed by atoms with E-state index in [4.69, 9.17) is 9.26 Å². The molecule has 2 aliphatic rings. The number of aryl methyl sites for hydroxylation is 1. The third kappa shape index (κ3) is 5.53. The summed E-state index contributed by atoms with van der Waals surface area (Å²) < 4.78 is 11.4. The molecule has 1 aromatic carbocycles. The summed E-state index contributed by atoms with van der Waals surface area (Å²) in [7, 11) is 0. The zero-order valence-corrected chi connectivity index (χ0v) is 19.7. The molecule has 1 aromatic heterocycles. The number of hydrogen-bond acceptors (Lipinski definition) is 4. The Labute approximate surface area is 191 Å². The molecule has 1 saturated heterocycles. The number of nitrogens with one attached hydrogen (secondary N) is 1. The molecule has 1 N–H and O–H groups in total. The SMILES string of the molecule is Cc1onc(NC(=O)N2CCC(=Cc3cccc(OC4CCC(C)(C)CC4)c3)CC2)c1C. The molecule has 4 rings (SSSR count). The number of urea groups is 1. The van der Waals surface area contributed by atoms with Gasteiger partial charge in [-0.3, -0.25) is 5.32 Å². The van der Waals surface area contributed by atoms with E-state index in [0.29, 0.717) is 30.4 Å². The summed E-state index contributed by atoms with van der Waals surface area (Å²) in [6, 6.07) is 8.27. The van der Waals surface area contributed by atoms with Gasteiger partial charge >= 0.3 is 6.03 Å². The maximum atomic E-state index is 12.6. The molecule has 0 unspecified atom stereocenters. The Morgan fingerprint density at radius 1 is 1.22 bits per heavy atom. The van der Waals surface area contributed by atoms with Crippen molar-refractivity contribution >= 4 is 17.9 Å². The van der Waals surface area contributed by atoms with E-state index in [2.05, 4.69) is 54.7 Å². The third-order valence-corrected chi connectivity index (χ3v) is 6.89. The highest BCUT2D eigenvalue weighted by molar-refractivity contribution is 5.89. The lowest BCUT2D eigenvalue weighted by atomic mass is 9.76. The molecular formula is C26H35N3O3. The smallest absolute Gasteiger partial charge is 0.323 e. The van der Waals surface area contributed by atoms with E-state index >= 15 is 0 Å². The van der Waals surface area contributed by atoms with Gasteiger partial charge in [0.25, 0.3) is 0 Å². The zero-order chi connectivity index (χ0) is 22.7. The first kappa shape index (κ1) is 22.4. The Bertz CT molecular complexity index is 972. The molecule has 1 saturated carbocycles. The van der Waals surface area contributed by atoms with Crippen LogP contribution in [0.5, 0.6) is 5.75 Å². The maximum absolute atomic E-state index is 12.6. The number of rotatable bonds is 4. The van der Waals surface area contributed by atoms with Crippen LogP contribution in [0.25, 0.3) is 6.08 Å². The summed E-state index contributed by atoms with van der Waals surface area (Å²) in [5, 5.41) is 6.78. The molecule has 1 aliphatic carbocycles. The fraction of sp³-hybridized carbons (Fsp3) is 0.538. The van der Waals surface area contributed by atoms with Gasteiger partial charge < -0.3 is 14.2 Å². The fourth-order valence-corrected chi connectivity index (χ4v) is 4.45. The lowest BCUT2D eigenvalue weighted by molar-refractivity contribution is 0.0987. The number of anilines is 1. The van der Waals surface area contributed by atoms with Crippen LogP contribution in [0.3, 0.4) is 0 Å². The van der Waals surface area contributed by atoms with Crippen LogP contribution in [0, 0.1) is 19.3 Å². The Balaban J connectivity index is 1.30. The molecule has 0 atom stereocenters. The molecule has 172 valence electrons. The van der Waals surface area contributed by atoms with E-state index in [1.165, 1.54) is 24.0 Å². The lowest BCUT2D eigenvalue weighted by Crippen LogP contribution is -2.39. The molecule has 2 amide bonds. The van der Waals surface area contributed by atoms with Gasteiger partial charge in [-0.2, -0.15) is 0 Å². The summed E-state index contributed by atoms with van der Waals surface area (Å²) in [6.45, 7) is 9.82. The predicted molar refractivity (Wildman–Crippen MR) is 127 cm³/mol. The van der Waals surface area contributed by atoms with Crippen molar-refractivity contribution in [3.8, 4) is 5.75 Å². The highest BCUT2D eigenvalue weighted by Gasteiger charge is 2.28. The topological polar surface area (TPSA) is 67.6 Å². The quantitative estimate of drug-likeness (QED) is 0.605. The van der Waals surface area contributed by atoms with Gasteiger partial charge in [0.1, 0.15) is 11.5 Å². The van der Waals surface area contributed by atoms with Crippen LogP contribution >= 0.6 is 0 Å². The number of likely N-dealkylation sites (tertiary alicyclic amines) is 1. The van der Waals surface area contributed by atoms with Gasteiger partial charge in [-0.25, -0.2) is 4.79 Å². The zero-order valence-electron chi connectivity index (χ0n) is 19.7. The minimum atomic E-state index is -0.119. The van der Waals surface area contributed by atoms with Crippen LogP contribution < -0.4 is 10.1 Å². The minimum absolute atomic E-state index is 0.119. The Morgan fingerprint density at radius 2 is 1.94 bits per heavy atom. The number of ether oxygens (including phenoxy) is 1. The van der Waals surface area contributed by atoms with E-state index in [9.17, 15) is 4.79 Å². The van der Waals surface area contributed by atoms with Crippen molar-refractivity contribution in [2.24, 2.45) is 5.41 Å². The van der Waals surface area contributed by atoms with E-state index in [1.807, 2.05) is 18.7 Å². The molecule has 2 heterocycles. The van der Waals surface area contributed by atoms with E-state index < -0.39 is 0 Å². The van der Waals surface area contributed by atoms with Crippen molar-refractivity contribution in [1.82, 2.24) is 10.1 Å². The Kier molecular flexibility index (Phi) is 6.58. The Morgan fingerprint density at radius 3 is 2.59 bits per heavy atom. The van der Waals surface area contributed by atoms with Crippen LogP contribution in [0.15, 0.2) is 34.4 Å². The van der Waals surface area contributed by atoms with Gasteiger partial charge in [-0.1, -0.05) is 42.8 Å². The molecular weight excluding hydrogens is 402 g/mol. The minimum Gasteiger partial charge on any atom is -0.490 e. The molecule has 6 heteroatoms. The molecule has 0 spiro atoms. The van der Waals surface area contributed by atoms with Gasteiger partial charge in [0, 0.05) is 18.7 Å². The maximum Gasteiger partial charge on any atom is 0.323 e. The third-order valence-electron chi connectivity index (χ3n) is 6.89. The highest BCUT2D eigenvalue weighted by Crippen LogP contribution is 2.36. The number of piperidine rings is 1. The second kappa shape index (κ2) is 9.39. The van der Waals surface area contributed by atoms with Crippen molar-refractivity contribution < 1.29 is 14.1 Å². The monoisotopic (exact) mass is 437 g/mol. The highest BCUT2D eigenvalue weighted by atomic mass is 16.5. The first-order chi connectivity index (χ1) is 15.3. The first-order valence-electron chi connectivity index (χ1n) is 11.7. The summed E-state index contributed by atoms with van der Waals surface area (Å²) in [5.41, 5.74) is 3.85. The summed E-state index contributed by atoms with van der Waals surface area (Å²) in [4.78, 5) is 14.4. The van der Waals surface area contributed by atoms with Crippen molar-refractivity contribution in [3.63, 3.8) is 0 Å². The second-order valence-corrected chi connectivity index (χ2v) is 9.99. The fourth-order valence-electron chi connectivity index (χ4n) is 4.45. The average molecular weight is 438 g/mol. The number of aromatic nitrogens is 1. The van der Waals surface area contributed by atoms with Crippen molar-refractivity contribution in [1.29, 1.82) is 0 Å². The van der Waals surface area contributed by atoms with E-state index in [-0.39, 0.29) is 6.03 Å². The number of nitrogens with zero attached hydrogens (tertiary/aromatic N) is 2.